The highest BCUT2D eigenvalue weighted by Gasteiger charge is 2.52. The van der Waals surface area contributed by atoms with Crippen LogP contribution in [0.1, 0.15) is 95.6 Å². The number of carbonyl (C=O) groups excluding carboxylic acids is 3. The monoisotopic (exact) mass is 564 g/mol. The Morgan fingerprint density at radius 2 is 1.25 bits per heavy atom. The minimum Gasteiger partial charge on any atom is -0.458 e. The molecule has 0 N–H and O–H groups in total. The van der Waals surface area contributed by atoms with Gasteiger partial charge in [-0.25, -0.2) is 18.8 Å². The number of esters is 1. The zero-order valence-electron chi connectivity index (χ0n) is 26.2. The summed E-state index contributed by atoms with van der Waals surface area (Å²) in [6.45, 7) is 22.2. The average Bonchev–Trinajstić information content (AvgIpc) is 2.91. The summed E-state index contributed by atoms with van der Waals surface area (Å²) in [7, 11) is -0.796. The van der Waals surface area contributed by atoms with Gasteiger partial charge in [0.15, 0.2) is 0 Å². The fourth-order valence-corrected chi connectivity index (χ4v) is 3.66. The summed E-state index contributed by atoms with van der Waals surface area (Å²) in [5, 5.41) is 0. The van der Waals surface area contributed by atoms with Crippen molar-refractivity contribution in [3.63, 3.8) is 0 Å². The van der Waals surface area contributed by atoms with E-state index in [-0.39, 0.29) is 12.0 Å². The molecule has 1 saturated heterocycles. The third kappa shape index (κ3) is 8.93. The van der Waals surface area contributed by atoms with Crippen LogP contribution in [0.15, 0.2) is 18.2 Å². The Morgan fingerprint density at radius 1 is 0.825 bits per heavy atom. The van der Waals surface area contributed by atoms with Gasteiger partial charge < -0.3 is 23.5 Å². The molecular formula is C29H45BFNO8. The van der Waals surface area contributed by atoms with Crippen molar-refractivity contribution in [1.82, 2.24) is 4.90 Å². The van der Waals surface area contributed by atoms with E-state index in [0.717, 1.165) is 0 Å². The molecule has 40 heavy (non-hydrogen) atoms. The third-order valence-electron chi connectivity index (χ3n) is 6.19. The number of ether oxygens (including phenoxy) is 3. The van der Waals surface area contributed by atoms with E-state index in [4.69, 9.17) is 23.5 Å². The summed E-state index contributed by atoms with van der Waals surface area (Å²) in [5.41, 5.74) is -3.66. The molecule has 0 radical (unpaired) electrons. The van der Waals surface area contributed by atoms with Gasteiger partial charge in [0.2, 0.25) is 0 Å². The second kappa shape index (κ2) is 11.3. The van der Waals surface area contributed by atoms with E-state index in [9.17, 15) is 14.4 Å². The van der Waals surface area contributed by atoms with Gasteiger partial charge in [-0.1, -0.05) is 12.1 Å². The van der Waals surface area contributed by atoms with E-state index in [1.54, 1.807) is 68.4 Å². The van der Waals surface area contributed by atoms with Crippen molar-refractivity contribution in [2.45, 2.75) is 130 Å². The minimum absolute atomic E-state index is 0.0632. The lowest BCUT2D eigenvalue weighted by Crippen LogP contribution is -2.54. The molecular weight excluding hydrogens is 519 g/mol. The van der Waals surface area contributed by atoms with Crippen LogP contribution in [-0.2, 0) is 34.7 Å². The first kappa shape index (κ1) is 33.6. The lowest BCUT2D eigenvalue weighted by Gasteiger charge is -2.33. The van der Waals surface area contributed by atoms with Gasteiger partial charge in [-0.05, 0) is 107 Å². The van der Waals surface area contributed by atoms with Gasteiger partial charge in [0.05, 0.1) is 11.2 Å². The second-order valence-electron chi connectivity index (χ2n) is 14.0. The minimum atomic E-state index is -1.58. The summed E-state index contributed by atoms with van der Waals surface area (Å²) in [6, 6.07) is 2.77. The SMILES string of the molecule is CC(C)(C)OC(=O)[C@@H](Cc1ccc(B2OC(C)(C)C(C)(C)O2)cc1[18F])N(C(=O)OC(C)(C)C)C(=O)OC(C)(C)C. The van der Waals surface area contributed by atoms with Crippen LogP contribution >= 0.6 is 0 Å². The number of rotatable bonds is 5. The van der Waals surface area contributed by atoms with Crippen LogP contribution < -0.4 is 5.46 Å². The van der Waals surface area contributed by atoms with Crippen molar-refractivity contribution >= 4 is 30.7 Å². The Balaban J connectivity index is 2.52. The fraction of sp³-hybridized carbons (Fsp3) is 0.690. The summed E-state index contributed by atoms with van der Waals surface area (Å²) in [6.07, 6.45) is -2.62. The number of hydrogen-bond donors (Lipinski definition) is 0. The average molecular weight is 564 g/mol. The smallest absolute Gasteiger partial charge is 0.458 e. The van der Waals surface area contributed by atoms with Gasteiger partial charge in [0.25, 0.3) is 0 Å². The Bertz CT molecular complexity index is 1070. The number of benzene rings is 1. The Kier molecular flexibility index (Phi) is 9.49. The first-order valence-electron chi connectivity index (χ1n) is 13.4. The van der Waals surface area contributed by atoms with E-state index in [2.05, 4.69) is 0 Å². The predicted octanol–water partition coefficient (Wildman–Crippen LogP) is 5.55. The lowest BCUT2D eigenvalue weighted by molar-refractivity contribution is -0.161. The van der Waals surface area contributed by atoms with Crippen LogP contribution in [0, 0.1) is 5.82 Å². The Hall–Kier alpha value is -2.66. The summed E-state index contributed by atoms with van der Waals surface area (Å²) < 4.78 is 44.0. The maximum Gasteiger partial charge on any atom is 0.494 e. The number of hydrogen-bond acceptors (Lipinski definition) is 8. The van der Waals surface area contributed by atoms with Crippen LogP contribution in [0.3, 0.4) is 0 Å². The van der Waals surface area contributed by atoms with E-state index in [1.807, 2.05) is 27.7 Å². The summed E-state index contributed by atoms with van der Waals surface area (Å²) >= 11 is 0. The van der Waals surface area contributed by atoms with Crippen molar-refractivity contribution in [3.05, 3.63) is 29.6 Å². The first-order valence-corrected chi connectivity index (χ1v) is 13.4. The largest absolute Gasteiger partial charge is 0.494 e. The molecule has 0 spiro atoms. The van der Waals surface area contributed by atoms with E-state index >= 15 is 4.39 Å². The molecule has 2 rings (SSSR count). The highest BCUT2D eigenvalue weighted by molar-refractivity contribution is 6.62. The molecule has 1 atom stereocenters. The zero-order chi connectivity index (χ0) is 31.1. The first-order chi connectivity index (χ1) is 17.8. The molecule has 11 heteroatoms. The second-order valence-corrected chi connectivity index (χ2v) is 14.0. The molecule has 0 saturated carbocycles. The van der Waals surface area contributed by atoms with E-state index in [0.29, 0.717) is 10.4 Å². The van der Waals surface area contributed by atoms with Gasteiger partial charge >= 0.3 is 25.3 Å². The molecule has 0 bridgehead atoms. The maximum atomic E-state index is 15.5. The third-order valence-corrected chi connectivity index (χ3v) is 6.19. The molecule has 1 fully saturated rings. The van der Waals surface area contributed by atoms with Gasteiger partial charge in [0, 0.05) is 6.42 Å². The van der Waals surface area contributed by atoms with Gasteiger partial charge in [-0.15, -0.1) is 0 Å². The lowest BCUT2D eigenvalue weighted by atomic mass is 9.78. The number of halogens is 1. The molecule has 9 nitrogen and oxygen atoms in total. The summed E-state index contributed by atoms with van der Waals surface area (Å²) in [4.78, 5) is 40.6. The molecule has 1 aliphatic heterocycles. The molecule has 0 aliphatic carbocycles. The fourth-order valence-electron chi connectivity index (χ4n) is 3.66. The highest BCUT2D eigenvalue weighted by atomic mass is 18.2. The standard InChI is InChI=1S/C29H45BFNO8/c1-25(2,3)36-22(33)21(32(23(34)37-26(4,5)6)24(35)38-27(7,8)9)16-18-14-15-19(17-20(18)31)30-39-28(10,11)29(12,13)40-30/h14-15,17,21H,16H2,1-13H3/t21-/m1/s1/i31-1. The zero-order valence-corrected chi connectivity index (χ0v) is 26.2. The summed E-state index contributed by atoms with van der Waals surface area (Å²) in [5.74, 6) is -1.59. The molecule has 1 heterocycles. The van der Waals surface area contributed by atoms with Crippen LogP contribution in [0.4, 0.5) is 14.0 Å². The van der Waals surface area contributed by atoms with Gasteiger partial charge in [-0.3, -0.25) is 0 Å². The van der Waals surface area contributed by atoms with Gasteiger partial charge in [0.1, 0.15) is 28.7 Å². The molecule has 0 unspecified atom stereocenters. The van der Waals surface area contributed by atoms with Crippen molar-refractivity contribution < 1.29 is 42.3 Å². The molecule has 1 aromatic carbocycles. The van der Waals surface area contributed by atoms with Crippen LogP contribution in [0.2, 0.25) is 0 Å². The maximum absolute atomic E-state index is 15.5. The Morgan fingerprint density at radius 3 is 1.62 bits per heavy atom. The van der Waals surface area contributed by atoms with Crippen molar-refractivity contribution in [2.75, 3.05) is 0 Å². The van der Waals surface area contributed by atoms with Crippen molar-refractivity contribution in [1.29, 1.82) is 0 Å². The highest BCUT2D eigenvalue weighted by Crippen LogP contribution is 2.36. The number of amides is 2. The van der Waals surface area contributed by atoms with E-state index in [1.165, 1.54) is 12.1 Å². The molecule has 224 valence electrons. The topological polar surface area (TPSA) is 101 Å². The van der Waals surface area contributed by atoms with Gasteiger partial charge in [-0.2, -0.15) is 4.90 Å². The number of imide groups is 1. The van der Waals surface area contributed by atoms with Crippen LogP contribution in [0.5, 0.6) is 0 Å². The molecule has 0 aromatic heterocycles. The predicted molar refractivity (Wildman–Crippen MR) is 150 cm³/mol. The number of nitrogens with zero attached hydrogens (tertiary/aromatic N) is 1. The molecule has 2 amide bonds. The van der Waals surface area contributed by atoms with Crippen LogP contribution in [-0.4, -0.2) is 64.2 Å². The van der Waals surface area contributed by atoms with E-state index < -0.39 is 65.1 Å². The van der Waals surface area contributed by atoms with Crippen molar-refractivity contribution in [2.24, 2.45) is 0 Å². The van der Waals surface area contributed by atoms with Crippen molar-refractivity contribution in [3.8, 4) is 0 Å². The molecule has 1 aromatic rings. The van der Waals surface area contributed by atoms with Crippen LogP contribution in [0.25, 0.3) is 0 Å². The normalized spacial score (nSPS) is 17.7. The Labute approximate surface area is 238 Å². The quantitative estimate of drug-likeness (QED) is 0.261. The molecule has 1 aliphatic rings. The number of carbonyl (C=O) groups is 3.